The van der Waals surface area contributed by atoms with E-state index in [0.717, 1.165) is 16.3 Å². The third kappa shape index (κ3) is 5.28. The second-order valence-electron chi connectivity index (χ2n) is 5.73. The van der Waals surface area contributed by atoms with Crippen LogP contribution in [-0.2, 0) is 4.79 Å². The number of aryl methyl sites for hydroxylation is 1. The van der Waals surface area contributed by atoms with Gasteiger partial charge in [-0.25, -0.2) is 0 Å². The van der Waals surface area contributed by atoms with E-state index >= 15 is 0 Å². The summed E-state index contributed by atoms with van der Waals surface area (Å²) in [5, 5.41) is 12.9. The molecule has 1 N–H and O–H groups in total. The second kappa shape index (κ2) is 8.78. The highest BCUT2D eigenvalue weighted by atomic mass is 35.5. The highest BCUT2D eigenvalue weighted by Crippen LogP contribution is 2.26. The number of nitrogens with zero attached hydrogens (tertiary/aromatic N) is 2. The van der Waals surface area contributed by atoms with Crippen molar-refractivity contribution in [2.24, 2.45) is 0 Å². The molecule has 0 saturated carbocycles. The van der Waals surface area contributed by atoms with Gasteiger partial charge in [-0.1, -0.05) is 52.8 Å². The van der Waals surface area contributed by atoms with Crippen LogP contribution in [0.1, 0.15) is 18.4 Å². The van der Waals surface area contributed by atoms with Crippen molar-refractivity contribution in [2.45, 2.75) is 19.8 Å². The van der Waals surface area contributed by atoms with Gasteiger partial charge in [0.15, 0.2) is 0 Å². The largest absolute Gasteiger partial charge is 0.494 e. The molecular weight excluding hydrogens is 370 g/mol. The maximum absolute atomic E-state index is 12.0. The Morgan fingerprint density at radius 2 is 1.85 bits per heavy atom. The van der Waals surface area contributed by atoms with E-state index < -0.39 is 0 Å². The van der Waals surface area contributed by atoms with Crippen LogP contribution in [0.15, 0.2) is 48.5 Å². The Hall–Kier alpha value is -2.44. The van der Waals surface area contributed by atoms with E-state index in [1.165, 1.54) is 16.9 Å². The quantitative estimate of drug-likeness (QED) is 0.581. The predicted octanol–water partition coefficient (Wildman–Crippen LogP) is 4.96. The number of benzene rings is 2. The molecule has 1 amide bonds. The first-order valence-corrected chi connectivity index (χ1v) is 9.38. The third-order valence-corrected chi connectivity index (χ3v) is 4.74. The highest BCUT2D eigenvalue weighted by Gasteiger charge is 2.09. The number of nitrogens with one attached hydrogen (secondary N) is 1. The number of halogens is 1. The van der Waals surface area contributed by atoms with Crippen LogP contribution in [0.25, 0.3) is 10.6 Å². The molecule has 0 unspecified atom stereocenters. The molecule has 1 aromatic heterocycles. The Kier molecular flexibility index (Phi) is 6.20. The van der Waals surface area contributed by atoms with Crippen LogP contribution in [0.5, 0.6) is 5.75 Å². The molecule has 2 aromatic carbocycles. The van der Waals surface area contributed by atoms with Gasteiger partial charge in [-0.15, -0.1) is 10.2 Å². The zero-order chi connectivity index (χ0) is 18.4. The van der Waals surface area contributed by atoms with E-state index in [0.29, 0.717) is 29.6 Å². The van der Waals surface area contributed by atoms with E-state index in [2.05, 4.69) is 15.5 Å². The van der Waals surface area contributed by atoms with Crippen molar-refractivity contribution >= 4 is 34.0 Å². The summed E-state index contributed by atoms with van der Waals surface area (Å²) in [7, 11) is 0. The van der Waals surface area contributed by atoms with Crippen LogP contribution >= 0.6 is 22.9 Å². The van der Waals surface area contributed by atoms with Crippen LogP contribution in [0.4, 0.5) is 5.13 Å². The molecule has 0 atom stereocenters. The summed E-state index contributed by atoms with van der Waals surface area (Å²) in [4.78, 5) is 12.0. The third-order valence-electron chi connectivity index (χ3n) is 3.60. The Morgan fingerprint density at radius 1 is 1.12 bits per heavy atom. The van der Waals surface area contributed by atoms with Gasteiger partial charge >= 0.3 is 0 Å². The first kappa shape index (κ1) is 18.4. The predicted molar refractivity (Wildman–Crippen MR) is 105 cm³/mol. The van der Waals surface area contributed by atoms with E-state index in [4.69, 9.17) is 16.3 Å². The van der Waals surface area contributed by atoms with Crippen LogP contribution in [-0.4, -0.2) is 22.7 Å². The number of rotatable bonds is 7. The monoisotopic (exact) mass is 387 g/mol. The molecule has 0 fully saturated rings. The lowest BCUT2D eigenvalue weighted by atomic mass is 10.2. The summed E-state index contributed by atoms with van der Waals surface area (Å²) in [6, 6.07) is 15.2. The van der Waals surface area contributed by atoms with Crippen molar-refractivity contribution in [1.29, 1.82) is 0 Å². The molecule has 0 bridgehead atoms. The Labute approximate surface area is 161 Å². The molecule has 0 radical (unpaired) electrons. The van der Waals surface area contributed by atoms with Crippen LogP contribution < -0.4 is 10.1 Å². The number of ether oxygens (including phenoxy) is 1. The summed E-state index contributed by atoms with van der Waals surface area (Å²) in [5.41, 5.74) is 2.18. The number of hydrogen-bond acceptors (Lipinski definition) is 5. The molecule has 26 heavy (non-hydrogen) atoms. The van der Waals surface area contributed by atoms with Gasteiger partial charge in [0, 0.05) is 17.0 Å². The molecule has 0 spiro atoms. The zero-order valence-corrected chi connectivity index (χ0v) is 15.8. The van der Waals surface area contributed by atoms with Crippen LogP contribution in [0.2, 0.25) is 5.02 Å². The van der Waals surface area contributed by atoms with Crippen molar-refractivity contribution in [1.82, 2.24) is 10.2 Å². The van der Waals surface area contributed by atoms with E-state index in [-0.39, 0.29) is 5.91 Å². The Morgan fingerprint density at radius 3 is 2.58 bits per heavy atom. The molecule has 0 aliphatic heterocycles. The molecular formula is C19H18ClN3O2S. The SMILES string of the molecule is Cc1ccc(-c2nnc(NC(=O)CCCOc3ccc(Cl)cc3)s2)cc1. The smallest absolute Gasteiger partial charge is 0.226 e. The number of carbonyl (C=O) groups excluding carboxylic acids is 1. The molecule has 0 aliphatic carbocycles. The van der Waals surface area contributed by atoms with Crippen molar-refractivity contribution in [2.75, 3.05) is 11.9 Å². The van der Waals surface area contributed by atoms with E-state index in [1.807, 2.05) is 31.2 Å². The van der Waals surface area contributed by atoms with Gasteiger partial charge in [0.05, 0.1) is 6.61 Å². The molecule has 0 aliphatic rings. The Bertz CT molecular complexity index is 863. The number of aromatic nitrogens is 2. The molecule has 7 heteroatoms. The number of hydrogen-bond donors (Lipinski definition) is 1. The van der Waals surface area contributed by atoms with Crippen molar-refractivity contribution in [3.05, 3.63) is 59.1 Å². The van der Waals surface area contributed by atoms with Crippen molar-refractivity contribution in [3.8, 4) is 16.3 Å². The molecule has 5 nitrogen and oxygen atoms in total. The summed E-state index contributed by atoms with van der Waals surface area (Å²) in [5.74, 6) is 0.637. The molecule has 0 saturated heterocycles. The maximum Gasteiger partial charge on any atom is 0.226 e. The van der Waals surface area contributed by atoms with Crippen LogP contribution in [0.3, 0.4) is 0 Å². The summed E-state index contributed by atoms with van der Waals surface area (Å²) in [6.07, 6.45) is 0.963. The second-order valence-corrected chi connectivity index (χ2v) is 7.15. The lowest BCUT2D eigenvalue weighted by molar-refractivity contribution is -0.116. The highest BCUT2D eigenvalue weighted by molar-refractivity contribution is 7.18. The number of anilines is 1. The van der Waals surface area contributed by atoms with Crippen LogP contribution in [0, 0.1) is 6.92 Å². The number of amides is 1. The van der Waals surface area contributed by atoms with Gasteiger partial charge in [-0.3, -0.25) is 4.79 Å². The van der Waals surface area contributed by atoms with Gasteiger partial charge in [0.1, 0.15) is 10.8 Å². The fourth-order valence-electron chi connectivity index (χ4n) is 2.22. The minimum Gasteiger partial charge on any atom is -0.494 e. The first-order chi connectivity index (χ1) is 12.6. The molecule has 1 heterocycles. The normalized spacial score (nSPS) is 10.5. The summed E-state index contributed by atoms with van der Waals surface area (Å²) >= 11 is 7.18. The fraction of sp³-hybridized carbons (Fsp3) is 0.211. The van der Waals surface area contributed by atoms with Gasteiger partial charge in [-0.2, -0.15) is 0 Å². The minimum atomic E-state index is -0.101. The minimum absolute atomic E-state index is 0.101. The van der Waals surface area contributed by atoms with Crippen molar-refractivity contribution < 1.29 is 9.53 Å². The maximum atomic E-state index is 12.0. The number of carbonyl (C=O) groups is 1. The van der Waals surface area contributed by atoms with Gasteiger partial charge in [0.25, 0.3) is 0 Å². The topological polar surface area (TPSA) is 64.1 Å². The van der Waals surface area contributed by atoms with E-state index in [1.54, 1.807) is 24.3 Å². The lowest BCUT2D eigenvalue weighted by Crippen LogP contribution is -2.12. The molecule has 134 valence electrons. The summed E-state index contributed by atoms with van der Waals surface area (Å²) in [6.45, 7) is 2.49. The Balaban J connectivity index is 1.43. The average molecular weight is 388 g/mol. The van der Waals surface area contributed by atoms with Gasteiger partial charge in [-0.05, 0) is 37.6 Å². The first-order valence-electron chi connectivity index (χ1n) is 8.19. The zero-order valence-electron chi connectivity index (χ0n) is 14.2. The average Bonchev–Trinajstić information content (AvgIpc) is 3.09. The van der Waals surface area contributed by atoms with Gasteiger partial charge < -0.3 is 10.1 Å². The van der Waals surface area contributed by atoms with E-state index in [9.17, 15) is 4.79 Å². The molecule has 3 rings (SSSR count). The fourth-order valence-corrected chi connectivity index (χ4v) is 3.11. The van der Waals surface area contributed by atoms with Gasteiger partial charge in [0.2, 0.25) is 11.0 Å². The lowest BCUT2D eigenvalue weighted by Gasteiger charge is -2.05. The summed E-state index contributed by atoms with van der Waals surface area (Å²) < 4.78 is 5.57. The molecule has 3 aromatic rings. The standard InChI is InChI=1S/C19H18ClN3O2S/c1-13-4-6-14(7-5-13)18-22-23-19(26-18)21-17(24)3-2-12-25-16-10-8-15(20)9-11-16/h4-11H,2-3,12H2,1H3,(H,21,23,24). The van der Waals surface area contributed by atoms with Crippen molar-refractivity contribution in [3.63, 3.8) is 0 Å².